The Morgan fingerprint density at radius 3 is 2.56 bits per heavy atom. The molecule has 0 spiro atoms. The zero-order chi connectivity index (χ0) is 7.11. The predicted molar refractivity (Wildman–Crippen MR) is 40.2 cm³/mol. The summed E-state index contributed by atoms with van der Waals surface area (Å²) in [6, 6.07) is 0. The van der Waals surface area contributed by atoms with E-state index in [0.717, 1.165) is 0 Å². The maximum atomic E-state index is 10.6. The molecule has 0 aromatic heterocycles. The van der Waals surface area contributed by atoms with Gasteiger partial charge in [0.1, 0.15) is 0 Å². The molecule has 0 aromatic carbocycles. The highest BCUT2D eigenvalue weighted by Gasteiger charge is 1.91. The van der Waals surface area contributed by atoms with Gasteiger partial charge in [0.15, 0.2) is 8.03 Å². The maximum absolute atomic E-state index is 10.6. The second-order valence-corrected chi connectivity index (χ2v) is 2.91. The summed E-state index contributed by atoms with van der Waals surface area (Å²) in [7, 11) is -1.84. The van der Waals surface area contributed by atoms with E-state index in [0.29, 0.717) is 12.8 Å². The third kappa shape index (κ3) is 5.54. The van der Waals surface area contributed by atoms with Gasteiger partial charge in [0, 0.05) is 6.16 Å². The van der Waals surface area contributed by atoms with Crippen molar-refractivity contribution in [3.05, 3.63) is 25.3 Å². The molecule has 2 nitrogen and oxygen atoms in total. The van der Waals surface area contributed by atoms with Crippen LogP contribution in [-0.2, 0) is 9.09 Å². The Morgan fingerprint density at radius 2 is 2.11 bits per heavy atom. The minimum Gasteiger partial charge on any atom is -0.326 e. The summed E-state index contributed by atoms with van der Waals surface area (Å²) in [6.45, 7) is 7.21. The molecular formula is C6H11O2P. The van der Waals surface area contributed by atoms with E-state index in [-0.39, 0.29) is 0 Å². The van der Waals surface area contributed by atoms with Gasteiger partial charge in [-0.15, -0.1) is 13.2 Å². The fraction of sp³-hybridized carbons (Fsp3) is 0.333. The quantitative estimate of drug-likeness (QED) is 0.437. The lowest BCUT2D eigenvalue weighted by atomic mass is 10.7. The summed E-state index contributed by atoms with van der Waals surface area (Å²) in [5.41, 5.74) is 0. The second-order valence-electron chi connectivity index (χ2n) is 1.46. The van der Waals surface area contributed by atoms with Gasteiger partial charge in [-0.3, -0.25) is 4.57 Å². The lowest BCUT2D eigenvalue weighted by Crippen LogP contribution is -1.80. The molecule has 0 amide bonds. The van der Waals surface area contributed by atoms with Gasteiger partial charge in [0.05, 0.1) is 6.61 Å². The molecule has 0 aliphatic heterocycles. The number of hydrogen-bond acceptors (Lipinski definition) is 2. The van der Waals surface area contributed by atoms with Gasteiger partial charge in [-0.05, 0) is 0 Å². The van der Waals surface area contributed by atoms with Crippen molar-refractivity contribution in [1.82, 2.24) is 0 Å². The predicted octanol–water partition coefficient (Wildman–Crippen LogP) is 1.85. The average molecular weight is 146 g/mol. The summed E-state index contributed by atoms with van der Waals surface area (Å²) in [5, 5.41) is 0. The first-order valence-electron chi connectivity index (χ1n) is 2.68. The highest BCUT2D eigenvalue weighted by Crippen LogP contribution is 2.20. The summed E-state index contributed by atoms with van der Waals surface area (Å²) < 4.78 is 15.4. The molecule has 1 unspecified atom stereocenters. The lowest BCUT2D eigenvalue weighted by Gasteiger charge is -1.95. The van der Waals surface area contributed by atoms with E-state index in [4.69, 9.17) is 4.52 Å². The molecule has 52 valence electrons. The zero-order valence-corrected chi connectivity index (χ0v) is 6.30. The average Bonchev–Trinajstić information content (AvgIpc) is 1.85. The minimum absolute atomic E-state index is 0.367. The molecule has 0 N–H and O–H groups in total. The van der Waals surface area contributed by atoms with Crippen LogP contribution in [0.5, 0.6) is 0 Å². The molecule has 0 saturated heterocycles. The van der Waals surface area contributed by atoms with Crippen molar-refractivity contribution in [2.45, 2.75) is 0 Å². The molecule has 0 rings (SSSR count). The first kappa shape index (κ1) is 8.67. The van der Waals surface area contributed by atoms with E-state index < -0.39 is 8.03 Å². The van der Waals surface area contributed by atoms with E-state index >= 15 is 0 Å². The molecule has 0 aliphatic carbocycles. The largest absolute Gasteiger partial charge is 0.326 e. The Balaban J connectivity index is 3.26. The summed E-state index contributed by atoms with van der Waals surface area (Å²) in [6.07, 6.45) is 3.62. The topological polar surface area (TPSA) is 26.3 Å². The van der Waals surface area contributed by atoms with Gasteiger partial charge < -0.3 is 4.52 Å². The second kappa shape index (κ2) is 5.80. The molecule has 0 aromatic rings. The van der Waals surface area contributed by atoms with Gasteiger partial charge in [0.2, 0.25) is 0 Å². The van der Waals surface area contributed by atoms with Crippen molar-refractivity contribution >= 4 is 8.03 Å². The third-order valence-electron chi connectivity index (χ3n) is 0.673. The zero-order valence-electron chi connectivity index (χ0n) is 5.30. The summed E-state index contributed by atoms with van der Waals surface area (Å²) >= 11 is 0. The normalized spacial score (nSPS) is 12.4. The first-order valence-corrected chi connectivity index (χ1v) is 4.21. The molecular weight excluding hydrogens is 135 g/mol. The molecule has 1 atom stereocenters. The van der Waals surface area contributed by atoms with Crippen LogP contribution in [0.1, 0.15) is 0 Å². The van der Waals surface area contributed by atoms with Gasteiger partial charge in [-0.2, -0.15) is 0 Å². The van der Waals surface area contributed by atoms with Crippen LogP contribution in [0.25, 0.3) is 0 Å². The van der Waals surface area contributed by atoms with Crippen LogP contribution in [0.3, 0.4) is 0 Å². The van der Waals surface area contributed by atoms with Crippen LogP contribution in [-0.4, -0.2) is 12.8 Å². The molecule has 9 heavy (non-hydrogen) atoms. The Morgan fingerprint density at radius 1 is 1.44 bits per heavy atom. The Labute approximate surface area is 56.1 Å². The van der Waals surface area contributed by atoms with E-state index in [1.54, 1.807) is 12.2 Å². The smallest absolute Gasteiger partial charge is 0.195 e. The third-order valence-corrected chi connectivity index (χ3v) is 1.78. The van der Waals surface area contributed by atoms with E-state index in [9.17, 15) is 4.57 Å². The molecule has 0 aliphatic rings. The SMILES string of the molecule is C=CCO[PH](=O)CC=C. The minimum atomic E-state index is -1.84. The highest BCUT2D eigenvalue weighted by atomic mass is 31.1. The summed E-state index contributed by atoms with van der Waals surface area (Å²) in [5.74, 6) is 0. The van der Waals surface area contributed by atoms with E-state index in [2.05, 4.69) is 13.2 Å². The number of allylic oxidation sites excluding steroid dienone is 1. The van der Waals surface area contributed by atoms with Crippen LogP contribution in [0, 0.1) is 0 Å². The van der Waals surface area contributed by atoms with Crippen LogP contribution < -0.4 is 0 Å². The monoisotopic (exact) mass is 146 g/mol. The fourth-order valence-corrected chi connectivity index (χ4v) is 0.986. The van der Waals surface area contributed by atoms with E-state index in [1.807, 2.05) is 0 Å². The number of hydrogen-bond donors (Lipinski definition) is 0. The Kier molecular flexibility index (Phi) is 5.59. The van der Waals surface area contributed by atoms with Gasteiger partial charge in [-0.25, -0.2) is 0 Å². The van der Waals surface area contributed by atoms with Crippen molar-refractivity contribution in [2.75, 3.05) is 12.8 Å². The number of rotatable bonds is 5. The van der Waals surface area contributed by atoms with Crippen LogP contribution >= 0.6 is 8.03 Å². The molecule has 3 heteroatoms. The standard InChI is InChI=1S/C6H11O2P/c1-3-5-8-9(7)6-4-2/h3-4,9H,1-2,5-6H2. The van der Waals surface area contributed by atoms with Crippen molar-refractivity contribution in [3.8, 4) is 0 Å². The van der Waals surface area contributed by atoms with Crippen molar-refractivity contribution < 1.29 is 9.09 Å². The van der Waals surface area contributed by atoms with Crippen LogP contribution in [0.4, 0.5) is 0 Å². The van der Waals surface area contributed by atoms with Gasteiger partial charge in [-0.1, -0.05) is 12.2 Å². The Bertz CT molecular complexity index is 120. The molecule has 0 saturated carbocycles. The molecule has 0 heterocycles. The molecule has 0 bridgehead atoms. The summed E-state index contributed by atoms with van der Waals surface area (Å²) in [4.78, 5) is 0. The molecule has 0 radical (unpaired) electrons. The van der Waals surface area contributed by atoms with Crippen molar-refractivity contribution in [3.63, 3.8) is 0 Å². The van der Waals surface area contributed by atoms with Crippen molar-refractivity contribution in [1.29, 1.82) is 0 Å². The van der Waals surface area contributed by atoms with Gasteiger partial charge in [0.25, 0.3) is 0 Å². The van der Waals surface area contributed by atoms with Gasteiger partial charge >= 0.3 is 0 Å². The van der Waals surface area contributed by atoms with Crippen LogP contribution in [0.15, 0.2) is 25.3 Å². The van der Waals surface area contributed by atoms with Crippen LogP contribution in [0.2, 0.25) is 0 Å². The maximum Gasteiger partial charge on any atom is 0.195 e. The fourth-order valence-electron chi connectivity index (χ4n) is 0.329. The lowest BCUT2D eigenvalue weighted by molar-refractivity contribution is 0.373. The first-order chi connectivity index (χ1) is 4.31. The van der Waals surface area contributed by atoms with E-state index in [1.165, 1.54) is 0 Å². The van der Waals surface area contributed by atoms with Crippen molar-refractivity contribution in [2.24, 2.45) is 0 Å². The molecule has 0 fully saturated rings. The highest BCUT2D eigenvalue weighted by molar-refractivity contribution is 7.39. The Hall–Kier alpha value is -0.330.